The van der Waals surface area contributed by atoms with Crippen molar-refractivity contribution in [3.05, 3.63) is 48.5 Å². The number of aryl methyl sites for hydroxylation is 1. The maximum Gasteiger partial charge on any atom is 0.409 e. The molecule has 0 spiro atoms. The average molecular weight is 536 g/mol. The first kappa shape index (κ1) is 27.2. The molecule has 10 nitrogen and oxygen atoms in total. The van der Waals surface area contributed by atoms with Gasteiger partial charge < -0.3 is 25.2 Å². The Balaban J connectivity index is 1.73. The molecule has 0 fully saturated rings. The smallest absolute Gasteiger partial charge is 0.409 e. The number of methoxy groups -OCH3 is 1. The Labute approximate surface area is 228 Å². The zero-order chi connectivity index (χ0) is 27.1. The van der Waals surface area contributed by atoms with E-state index in [0.717, 1.165) is 50.8 Å². The number of nitrogens with zero attached hydrogens (tertiary/aromatic N) is 6. The third-order valence-electron chi connectivity index (χ3n) is 5.81. The molecule has 0 amide bonds. The molecule has 0 radical (unpaired) electrons. The number of aromatic nitrogens is 3. The Morgan fingerprint density at radius 2 is 1.76 bits per heavy atom. The van der Waals surface area contributed by atoms with Crippen LogP contribution < -0.4 is 25.3 Å². The fourth-order valence-corrected chi connectivity index (χ4v) is 4.84. The summed E-state index contributed by atoms with van der Waals surface area (Å²) in [5, 5.41) is 20.2. The molecule has 200 valence electrons. The van der Waals surface area contributed by atoms with Gasteiger partial charge in [0, 0.05) is 31.3 Å². The molecule has 2 heterocycles. The predicted octanol–water partition coefficient (Wildman–Crippen LogP) is 5.62. The summed E-state index contributed by atoms with van der Waals surface area (Å²) in [4.78, 5) is 9.48. The van der Waals surface area contributed by atoms with E-state index in [2.05, 4.69) is 42.2 Å². The molecule has 38 heavy (non-hydrogen) atoms. The van der Waals surface area contributed by atoms with E-state index in [0.29, 0.717) is 29.8 Å². The summed E-state index contributed by atoms with van der Waals surface area (Å²) in [5.74, 6) is 2.54. The summed E-state index contributed by atoms with van der Waals surface area (Å²) in [6, 6.07) is 15.9. The predicted molar refractivity (Wildman–Crippen MR) is 156 cm³/mol. The van der Waals surface area contributed by atoms with Gasteiger partial charge in [0.2, 0.25) is 5.95 Å². The highest BCUT2D eigenvalue weighted by atomic mass is 32.1. The topological polar surface area (TPSA) is 99.7 Å². The van der Waals surface area contributed by atoms with Crippen LogP contribution in [0.4, 0.5) is 34.1 Å². The third kappa shape index (κ3) is 6.93. The van der Waals surface area contributed by atoms with E-state index in [1.165, 1.54) is 0 Å². The van der Waals surface area contributed by atoms with Gasteiger partial charge in [0.1, 0.15) is 11.3 Å². The number of azo groups is 1. The number of hydrogen-bond acceptors (Lipinski definition) is 9. The monoisotopic (exact) mass is 535 g/mol. The van der Waals surface area contributed by atoms with Crippen LogP contribution in [0.2, 0.25) is 0 Å². The molecule has 2 aromatic heterocycles. The van der Waals surface area contributed by atoms with E-state index in [4.69, 9.17) is 19.8 Å². The highest BCUT2D eigenvalue weighted by Gasteiger charge is 2.21. The highest BCUT2D eigenvalue weighted by Crippen LogP contribution is 2.36. The zero-order valence-corrected chi connectivity index (χ0v) is 23.8. The van der Waals surface area contributed by atoms with Gasteiger partial charge in [-0.25, -0.2) is 4.57 Å². The van der Waals surface area contributed by atoms with Crippen LogP contribution in [0.5, 0.6) is 5.75 Å². The van der Waals surface area contributed by atoms with E-state index in [1.54, 1.807) is 18.4 Å². The number of thiazole rings is 1. The Bertz CT molecular complexity index is 1400. The summed E-state index contributed by atoms with van der Waals surface area (Å²) in [6.07, 6.45) is 0.981. The average Bonchev–Trinajstić information content (AvgIpc) is 3.20. The lowest BCUT2D eigenvalue weighted by Gasteiger charge is -2.23. The first-order chi connectivity index (χ1) is 18.3. The third-order valence-corrected chi connectivity index (χ3v) is 6.89. The SMILES string of the molecule is CCNc1nc(NCCC[N+](C)(C)C)c(/N=N/c2sc3cc(OC)ccc3[n+]2C)c(Nc2ccccc2)n1. The van der Waals surface area contributed by atoms with Crippen LogP contribution in [-0.2, 0) is 7.05 Å². The van der Waals surface area contributed by atoms with E-state index < -0.39 is 0 Å². The van der Waals surface area contributed by atoms with Crippen molar-refractivity contribution in [3.63, 3.8) is 0 Å². The Morgan fingerprint density at radius 3 is 2.47 bits per heavy atom. The molecular formula is C27H37N9OS+2. The number of quaternary nitrogens is 1. The van der Waals surface area contributed by atoms with E-state index in [9.17, 15) is 0 Å². The second kappa shape index (κ2) is 12.1. The maximum atomic E-state index is 5.39. The molecule has 11 heteroatoms. The molecule has 0 aliphatic heterocycles. The molecule has 4 rings (SSSR count). The van der Waals surface area contributed by atoms with Crippen molar-refractivity contribution >= 4 is 55.6 Å². The normalized spacial score (nSPS) is 11.7. The summed E-state index contributed by atoms with van der Waals surface area (Å²) in [7, 11) is 10.2. The number of nitrogens with one attached hydrogen (secondary N) is 3. The first-order valence-corrected chi connectivity index (χ1v) is 13.5. The number of rotatable bonds is 12. The fraction of sp³-hybridized carbons (Fsp3) is 0.370. The number of fused-ring (bicyclic) bond motifs is 1. The summed E-state index contributed by atoms with van der Waals surface area (Å²) >= 11 is 1.55. The summed E-state index contributed by atoms with van der Waals surface area (Å²) in [6.45, 7) is 4.51. The van der Waals surface area contributed by atoms with Gasteiger partial charge >= 0.3 is 5.13 Å². The summed E-state index contributed by atoms with van der Waals surface area (Å²) < 4.78 is 9.38. The lowest BCUT2D eigenvalue weighted by molar-refractivity contribution is -0.870. The first-order valence-electron chi connectivity index (χ1n) is 12.7. The second-order valence-corrected chi connectivity index (χ2v) is 10.9. The number of ether oxygens (including phenoxy) is 1. The molecule has 3 N–H and O–H groups in total. The molecule has 0 aliphatic carbocycles. The van der Waals surface area contributed by atoms with Gasteiger partial charge in [-0.3, -0.25) is 0 Å². The molecule has 0 bridgehead atoms. The number of benzene rings is 2. The quantitative estimate of drug-likeness (QED) is 0.0942. The van der Waals surface area contributed by atoms with Crippen molar-refractivity contribution in [1.29, 1.82) is 0 Å². The highest BCUT2D eigenvalue weighted by molar-refractivity contribution is 7.21. The van der Waals surface area contributed by atoms with Crippen molar-refractivity contribution in [3.8, 4) is 5.75 Å². The maximum absolute atomic E-state index is 5.39. The van der Waals surface area contributed by atoms with E-state index in [1.807, 2.05) is 67.1 Å². The van der Waals surface area contributed by atoms with Gasteiger partial charge in [-0.2, -0.15) is 9.97 Å². The molecule has 2 aromatic carbocycles. The minimum atomic E-state index is 0.526. The Morgan fingerprint density at radius 1 is 1.00 bits per heavy atom. The summed E-state index contributed by atoms with van der Waals surface area (Å²) in [5.41, 5.74) is 2.51. The van der Waals surface area contributed by atoms with Crippen molar-refractivity contribution in [2.24, 2.45) is 17.3 Å². The fourth-order valence-electron chi connectivity index (χ4n) is 3.85. The lowest BCUT2D eigenvalue weighted by atomic mass is 10.3. The Kier molecular flexibility index (Phi) is 8.70. The van der Waals surface area contributed by atoms with Gasteiger partial charge in [0.05, 0.1) is 51.7 Å². The van der Waals surface area contributed by atoms with Crippen LogP contribution in [0.3, 0.4) is 0 Å². The van der Waals surface area contributed by atoms with E-state index in [-0.39, 0.29) is 0 Å². The number of anilines is 4. The van der Waals surface area contributed by atoms with Crippen molar-refractivity contribution in [2.45, 2.75) is 13.3 Å². The van der Waals surface area contributed by atoms with Crippen LogP contribution in [-0.4, -0.2) is 62.3 Å². The van der Waals surface area contributed by atoms with Crippen LogP contribution in [0.15, 0.2) is 58.8 Å². The van der Waals surface area contributed by atoms with E-state index >= 15 is 0 Å². The standard InChI is InChI=1S/C27H36N9OS/c1-7-28-26-31-24(29-16-11-17-36(3,4)5)23(25(32-26)30-19-12-9-8-10-13-19)33-34-27-35(2)21-15-14-20(37-6)18-22(21)38-27/h8-10,12-15,18H,7,11,16-17H2,1-6H3,(H2,28,29,30,31,32)/q+1/p+1. The van der Waals surface area contributed by atoms with Crippen molar-refractivity contribution < 1.29 is 13.8 Å². The van der Waals surface area contributed by atoms with Crippen molar-refractivity contribution in [1.82, 2.24) is 9.97 Å². The van der Waals surface area contributed by atoms with Gasteiger partial charge in [-0.05, 0) is 47.6 Å². The number of para-hydroxylation sites is 1. The number of hydrogen-bond donors (Lipinski definition) is 3. The molecule has 4 aromatic rings. The molecular weight excluding hydrogens is 498 g/mol. The lowest BCUT2D eigenvalue weighted by Crippen LogP contribution is -2.36. The van der Waals surface area contributed by atoms with Crippen LogP contribution in [0.25, 0.3) is 10.2 Å². The minimum absolute atomic E-state index is 0.526. The molecule has 0 saturated heterocycles. The zero-order valence-electron chi connectivity index (χ0n) is 22.9. The van der Waals surface area contributed by atoms with Crippen molar-refractivity contribution in [2.75, 3.05) is 63.8 Å². The van der Waals surface area contributed by atoms with Crippen LogP contribution in [0, 0.1) is 0 Å². The van der Waals surface area contributed by atoms with Crippen LogP contribution in [0.1, 0.15) is 13.3 Å². The molecule has 0 unspecified atom stereocenters. The second-order valence-electron chi connectivity index (χ2n) is 9.89. The molecule has 0 saturated carbocycles. The molecule has 0 aliphatic rings. The minimum Gasteiger partial charge on any atom is -0.497 e. The van der Waals surface area contributed by atoms with Gasteiger partial charge in [0.25, 0.3) is 0 Å². The largest absolute Gasteiger partial charge is 0.497 e. The van der Waals surface area contributed by atoms with Gasteiger partial charge in [0.15, 0.2) is 17.3 Å². The van der Waals surface area contributed by atoms with Crippen LogP contribution >= 0.6 is 11.3 Å². The van der Waals surface area contributed by atoms with Gasteiger partial charge in [-0.15, -0.1) is 0 Å². The molecule has 0 atom stereocenters. The Hall–Kier alpha value is -3.83. The van der Waals surface area contributed by atoms with Gasteiger partial charge in [-0.1, -0.05) is 18.2 Å².